The molecule has 0 aromatic carbocycles. The SMILES string of the molecule is Cc1ncc(CNC(=O)CCS)s1. The van der Waals surface area contributed by atoms with Crippen molar-refractivity contribution in [2.75, 3.05) is 5.75 Å². The summed E-state index contributed by atoms with van der Waals surface area (Å²) >= 11 is 5.58. The van der Waals surface area contributed by atoms with E-state index in [1.54, 1.807) is 17.5 Å². The molecule has 1 N–H and O–H groups in total. The maximum atomic E-state index is 11.0. The number of thiazole rings is 1. The molecule has 5 heteroatoms. The van der Waals surface area contributed by atoms with Crippen molar-refractivity contribution in [3.05, 3.63) is 16.1 Å². The van der Waals surface area contributed by atoms with Gasteiger partial charge in [0.15, 0.2) is 0 Å². The first-order chi connectivity index (χ1) is 6.22. The summed E-state index contributed by atoms with van der Waals surface area (Å²) in [6.45, 7) is 2.53. The summed E-state index contributed by atoms with van der Waals surface area (Å²) in [4.78, 5) is 16.2. The molecule has 13 heavy (non-hydrogen) atoms. The molecule has 0 saturated heterocycles. The monoisotopic (exact) mass is 216 g/mol. The van der Waals surface area contributed by atoms with Gasteiger partial charge in [0.2, 0.25) is 5.91 Å². The number of nitrogens with zero attached hydrogens (tertiary/aromatic N) is 1. The van der Waals surface area contributed by atoms with Crippen LogP contribution in [0.4, 0.5) is 0 Å². The highest BCUT2D eigenvalue weighted by molar-refractivity contribution is 7.80. The minimum Gasteiger partial charge on any atom is -0.351 e. The summed E-state index contributed by atoms with van der Waals surface area (Å²) in [6, 6.07) is 0. The standard InChI is InChI=1S/C8H12N2OS2/c1-6-9-4-7(13-6)5-10-8(11)2-3-12/h4,12H,2-3,5H2,1H3,(H,10,11). The third-order valence-corrected chi connectivity index (χ3v) is 2.60. The largest absolute Gasteiger partial charge is 0.351 e. The Labute approximate surface area is 87.0 Å². The normalized spacial score (nSPS) is 10.0. The molecule has 0 aliphatic rings. The van der Waals surface area contributed by atoms with E-state index < -0.39 is 0 Å². The van der Waals surface area contributed by atoms with E-state index in [9.17, 15) is 4.79 Å². The van der Waals surface area contributed by atoms with Crippen molar-refractivity contribution in [3.8, 4) is 0 Å². The third kappa shape index (κ3) is 3.78. The zero-order chi connectivity index (χ0) is 9.68. The number of hydrogen-bond donors (Lipinski definition) is 2. The number of nitrogens with one attached hydrogen (secondary N) is 1. The van der Waals surface area contributed by atoms with Crippen molar-refractivity contribution >= 4 is 29.9 Å². The first kappa shape index (κ1) is 10.5. The van der Waals surface area contributed by atoms with Gasteiger partial charge in [-0.2, -0.15) is 12.6 Å². The predicted molar refractivity (Wildman–Crippen MR) is 57.2 cm³/mol. The van der Waals surface area contributed by atoms with Crippen LogP contribution in [0.25, 0.3) is 0 Å². The van der Waals surface area contributed by atoms with Crippen LogP contribution in [0.1, 0.15) is 16.3 Å². The second-order valence-corrected chi connectivity index (χ2v) is 4.36. The van der Waals surface area contributed by atoms with Crippen molar-refractivity contribution in [1.29, 1.82) is 0 Å². The van der Waals surface area contributed by atoms with Gasteiger partial charge in [0.1, 0.15) is 0 Å². The maximum Gasteiger partial charge on any atom is 0.221 e. The van der Waals surface area contributed by atoms with Crippen LogP contribution in [-0.4, -0.2) is 16.6 Å². The van der Waals surface area contributed by atoms with Crippen molar-refractivity contribution in [1.82, 2.24) is 10.3 Å². The highest BCUT2D eigenvalue weighted by Gasteiger charge is 2.01. The van der Waals surface area contributed by atoms with E-state index in [4.69, 9.17) is 0 Å². The fourth-order valence-corrected chi connectivity index (χ4v) is 1.80. The smallest absolute Gasteiger partial charge is 0.221 e. The van der Waals surface area contributed by atoms with Crippen molar-refractivity contribution in [2.45, 2.75) is 19.9 Å². The van der Waals surface area contributed by atoms with Gasteiger partial charge in [-0.25, -0.2) is 4.98 Å². The number of hydrogen-bond acceptors (Lipinski definition) is 4. The van der Waals surface area contributed by atoms with Gasteiger partial charge >= 0.3 is 0 Å². The molecule has 3 nitrogen and oxygen atoms in total. The summed E-state index contributed by atoms with van der Waals surface area (Å²) in [6.07, 6.45) is 2.27. The van der Waals surface area contributed by atoms with Gasteiger partial charge < -0.3 is 5.32 Å². The molecule has 0 fully saturated rings. The van der Waals surface area contributed by atoms with Crippen molar-refractivity contribution < 1.29 is 4.79 Å². The van der Waals surface area contributed by atoms with Crippen LogP contribution < -0.4 is 5.32 Å². The van der Waals surface area contributed by atoms with Crippen molar-refractivity contribution in [3.63, 3.8) is 0 Å². The summed E-state index contributed by atoms with van der Waals surface area (Å²) in [5, 5.41) is 3.82. The van der Waals surface area contributed by atoms with Crippen LogP contribution in [0.3, 0.4) is 0 Å². The van der Waals surface area contributed by atoms with E-state index in [-0.39, 0.29) is 5.91 Å². The maximum absolute atomic E-state index is 11.0. The lowest BCUT2D eigenvalue weighted by atomic mass is 10.4. The molecule has 0 aliphatic heterocycles. The highest BCUT2D eigenvalue weighted by atomic mass is 32.1. The molecule has 0 saturated carbocycles. The Balaban J connectivity index is 2.30. The molecule has 72 valence electrons. The quantitative estimate of drug-likeness (QED) is 0.747. The van der Waals surface area contributed by atoms with Crippen LogP contribution in [0.15, 0.2) is 6.20 Å². The number of aromatic nitrogens is 1. The van der Waals surface area contributed by atoms with Crippen molar-refractivity contribution in [2.24, 2.45) is 0 Å². The van der Waals surface area contributed by atoms with E-state index >= 15 is 0 Å². The third-order valence-electron chi connectivity index (χ3n) is 1.47. The first-order valence-corrected chi connectivity index (χ1v) is 5.46. The summed E-state index contributed by atoms with van der Waals surface area (Å²) < 4.78 is 0. The molecule has 0 aliphatic carbocycles. The van der Waals surface area contributed by atoms with Crippen LogP contribution in [-0.2, 0) is 11.3 Å². The molecule has 0 atom stereocenters. The molecule has 1 rings (SSSR count). The Morgan fingerprint density at radius 1 is 1.77 bits per heavy atom. The number of carbonyl (C=O) groups excluding carboxylic acids is 1. The summed E-state index contributed by atoms with van der Waals surface area (Å²) in [7, 11) is 0. The van der Waals surface area contributed by atoms with Crippen LogP contribution in [0.2, 0.25) is 0 Å². The Kier molecular flexibility index (Phi) is 4.24. The fraction of sp³-hybridized carbons (Fsp3) is 0.500. The van der Waals surface area contributed by atoms with Gasteiger partial charge in [0.25, 0.3) is 0 Å². The zero-order valence-corrected chi connectivity index (χ0v) is 9.12. The second-order valence-electron chi connectivity index (χ2n) is 2.60. The molecule has 0 radical (unpaired) electrons. The Hall–Kier alpha value is -0.550. The number of amides is 1. The van der Waals surface area contributed by atoms with Gasteiger partial charge in [-0.1, -0.05) is 0 Å². The number of rotatable bonds is 4. The van der Waals surface area contributed by atoms with E-state index in [2.05, 4.69) is 22.9 Å². The fourth-order valence-electron chi connectivity index (χ4n) is 0.863. The van der Waals surface area contributed by atoms with Gasteiger partial charge in [-0.3, -0.25) is 4.79 Å². The Morgan fingerprint density at radius 2 is 2.54 bits per heavy atom. The van der Waals surface area contributed by atoms with Gasteiger partial charge in [0.05, 0.1) is 11.6 Å². The molecule has 1 amide bonds. The minimum absolute atomic E-state index is 0.0426. The lowest BCUT2D eigenvalue weighted by molar-refractivity contribution is -0.120. The topological polar surface area (TPSA) is 42.0 Å². The molecular weight excluding hydrogens is 204 g/mol. The molecule has 1 heterocycles. The average molecular weight is 216 g/mol. The summed E-state index contributed by atoms with van der Waals surface area (Å²) in [5.41, 5.74) is 0. The Bertz CT molecular complexity index is 285. The first-order valence-electron chi connectivity index (χ1n) is 4.01. The van der Waals surface area contributed by atoms with Crippen LogP contribution in [0, 0.1) is 6.92 Å². The average Bonchev–Trinajstić information content (AvgIpc) is 2.49. The lowest BCUT2D eigenvalue weighted by Crippen LogP contribution is -2.22. The predicted octanol–water partition coefficient (Wildman–Crippen LogP) is 1.39. The molecular formula is C8H12N2OS2. The molecule has 0 bridgehead atoms. The van der Waals surface area contributed by atoms with E-state index in [1.807, 2.05) is 6.92 Å². The van der Waals surface area contributed by atoms with Gasteiger partial charge in [-0.05, 0) is 12.7 Å². The van der Waals surface area contributed by atoms with E-state index in [1.165, 1.54) is 0 Å². The number of aryl methyl sites for hydroxylation is 1. The number of thiol groups is 1. The van der Waals surface area contributed by atoms with Crippen LogP contribution >= 0.6 is 24.0 Å². The second kappa shape index (κ2) is 5.24. The molecule has 0 unspecified atom stereocenters. The minimum atomic E-state index is 0.0426. The highest BCUT2D eigenvalue weighted by Crippen LogP contribution is 2.10. The molecule has 1 aromatic heterocycles. The van der Waals surface area contributed by atoms with Gasteiger partial charge in [0, 0.05) is 17.5 Å². The zero-order valence-electron chi connectivity index (χ0n) is 7.41. The number of carbonyl (C=O) groups is 1. The van der Waals surface area contributed by atoms with E-state index in [0.29, 0.717) is 18.7 Å². The Morgan fingerprint density at radius 3 is 3.08 bits per heavy atom. The molecule has 0 spiro atoms. The molecule has 1 aromatic rings. The lowest BCUT2D eigenvalue weighted by Gasteiger charge is -2.00. The van der Waals surface area contributed by atoms with Crippen LogP contribution in [0.5, 0.6) is 0 Å². The summed E-state index contributed by atoms with van der Waals surface area (Å²) in [5.74, 6) is 0.633. The van der Waals surface area contributed by atoms with E-state index in [0.717, 1.165) is 9.88 Å². The van der Waals surface area contributed by atoms with Gasteiger partial charge in [-0.15, -0.1) is 11.3 Å².